The standard InChI is InChI=1S/C21H17Cl2F3O4/c1-20(12-4-2-5-13(9-12)21(24,25)26)10-11-8-14(30-7-3-6-15(27)28)17(22)18(23)16(11)19(20)29/h2,4-5,8-9H,3,6-7,10H2,1H3,(H,27,28). The molecule has 1 aliphatic carbocycles. The summed E-state index contributed by atoms with van der Waals surface area (Å²) in [5, 5.41) is 8.67. The van der Waals surface area contributed by atoms with E-state index in [0.29, 0.717) is 5.56 Å². The predicted octanol–water partition coefficient (Wildman–Crippen LogP) is 5.95. The minimum atomic E-state index is -4.53. The Labute approximate surface area is 180 Å². The van der Waals surface area contributed by atoms with Crippen LogP contribution in [0.25, 0.3) is 0 Å². The van der Waals surface area contributed by atoms with Crippen molar-refractivity contribution in [2.24, 2.45) is 0 Å². The minimum absolute atomic E-state index is 0.00684. The number of carboxylic acids is 1. The van der Waals surface area contributed by atoms with Gasteiger partial charge in [-0.15, -0.1) is 0 Å². The van der Waals surface area contributed by atoms with Crippen LogP contribution >= 0.6 is 23.2 Å². The van der Waals surface area contributed by atoms with E-state index < -0.39 is 28.9 Å². The number of Topliss-reactive ketones (excluding diaryl/α,β-unsaturated/α-hetero) is 1. The van der Waals surface area contributed by atoms with E-state index >= 15 is 0 Å². The predicted molar refractivity (Wildman–Crippen MR) is 106 cm³/mol. The summed E-state index contributed by atoms with van der Waals surface area (Å²) in [5.41, 5.74) is -1.16. The third-order valence-corrected chi connectivity index (χ3v) is 6.00. The SMILES string of the molecule is CC1(c2cccc(C(F)(F)F)c2)Cc2cc(OCCCC(=O)O)c(Cl)c(Cl)c2C1=O. The number of hydrogen-bond acceptors (Lipinski definition) is 3. The average Bonchev–Trinajstić information content (AvgIpc) is 2.93. The summed E-state index contributed by atoms with van der Waals surface area (Å²) in [6.07, 6.45) is -4.23. The molecule has 1 atom stereocenters. The van der Waals surface area contributed by atoms with Crippen LogP contribution in [0.15, 0.2) is 30.3 Å². The van der Waals surface area contributed by atoms with Crippen molar-refractivity contribution in [1.82, 2.24) is 0 Å². The van der Waals surface area contributed by atoms with E-state index in [9.17, 15) is 22.8 Å². The Morgan fingerprint density at radius 2 is 1.93 bits per heavy atom. The van der Waals surface area contributed by atoms with E-state index in [1.165, 1.54) is 12.1 Å². The van der Waals surface area contributed by atoms with Crippen molar-refractivity contribution in [2.45, 2.75) is 37.8 Å². The number of halogens is 5. The van der Waals surface area contributed by atoms with Crippen molar-refractivity contribution in [3.05, 3.63) is 62.6 Å². The van der Waals surface area contributed by atoms with E-state index in [1.54, 1.807) is 13.0 Å². The molecule has 0 saturated heterocycles. The molecule has 9 heteroatoms. The van der Waals surface area contributed by atoms with Crippen LogP contribution in [0.2, 0.25) is 10.0 Å². The Hall–Kier alpha value is -2.25. The molecule has 0 bridgehead atoms. The Morgan fingerprint density at radius 1 is 1.23 bits per heavy atom. The highest BCUT2D eigenvalue weighted by Gasteiger charge is 2.46. The van der Waals surface area contributed by atoms with Crippen molar-refractivity contribution in [1.29, 1.82) is 0 Å². The van der Waals surface area contributed by atoms with Crippen LogP contribution in [0, 0.1) is 0 Å². The highest BCUT2D eigenvalue weighted by molar-refractivity contribution is 6.45. The fourth-order valence-electron chi connectivity index (χ4n) is 3.56. The van der Waals surface area contributed by atoms with Gasteiger partial charge in [0.25, 0.3) is 0 Å². The van der Waals surface area contributed by atoms with Gasteiger partial charge in [-0.05, 0) is 43.0 Å². The van der Waals surface area contributed by atoms with Crippen molar-refractivity contribution >= 4 is 35.0 Å². The summed E-state index contributed by atoms with van der Waals surface area (Å²) in [5.74, 6) is -1.17. The fraction of sp³-hybridized carbons (Fsp3) is 0.333. The molecule has 1 aliphatic rings. The van der Waals surface area contributed by atoms with Gasteiger partial charge in [-0.1, -0.05) is 41.4 Å². The molecule has 0 heterocycles. The summed E-state index contributed by atoms with van der Waals surface area (Å²) in [6, 6.07) is 6.22. The van der Waals surface area contributed by atoms with Gasteiger partial charge in [-0.2, -0.15) is 13.2 Å². The molecule has 4 nitrogen and oxygen atoms in total. The summed E-state index contributed by atoms with van der Waals surface area (Å²) in [4.78, 5) is 23.8. The van der Waals surface area contributed by atoms with Gasteiger partial charge >= 0.3 is 12.1 Å². The van der Waals surface area contributed by atoms with Crippen molar-refractivity contribution in [3.8, 4) is 5.75 Å². The first kappa shape index (κ1) is 22.4. The van der Waals surface area contributed by atoms with E-state index in [-0.39, 0.29) is 52.8 Å². The molecule has 0 saturated carbocycles. The maximum Gasteiger partial charge on any atom is 0.416 e. The number of rotatable bonds is 6. The van der Waals surface area contributed by atoms with Gasteiger partial charge in [-0.25, -0.2) is 0 Å². The van der Waals surface area contributed by atoms with Gasteiger partial charge in [0.1, 0.15) is 10.8 Å². The number of carboxylic acid groups (broad SMARTS) is 1. The van der Waals surface area contributed by atoms with Crippen molar-refractivity contribution < 1.29 is 32.6 Å². The third kappa shape index (κ3) is 4.14. The molecule has 1 N–H and O–H groups in total. The maximum absolute atomic E-state index is 13.2. The summed E-state index contributed by atoms with van der Waals surface area (Å²) < 4.78 is 44.9. The molecular formula is C21H17Cl2F3O4. The number of benzene rings is 2. The van der Waals surface area contributed by atoms with Crippen LogP contribution in [-0.2, 0) is 22.8 Å². The van der Waals surface area contributed by atoms with Crippen molar-refractivity contribution in [3.63, 3.8) is 0 Å². The Kier molecular flexibility index (Phi) is 6.07. The number of fused-ring (bicyclic) bond motifs is 1. The minimum Gasteiger partial charge on any atom is -0.492 e. The molecule has 1 unspecified atom stereocenters. The number of hydrogen-bond donors (Lipinski definition) is 1. The second-order valence-corrected chi connectivity index (χ2v) is 8.06. The number of carbonyl (C=O) groups is 2. The van der Waals surface area contributed by atoms with Gasteiger partial charge in [0.15, 0.2) is 5.78 Å². The lowest BCUT2D eigenvalue weighted by Crippen LogP contribution is -2.29. The normalized spacial score (nSPS) is 18.4. The number of carbonyl (C=O) groups excluding carboxylic acids is 1. The Balaban J connectivity index is 1.94. The van der Waals surface area contributed by atoms with Crippen LogP contribution in [0.1, 0.15) is 46.8 Å². The number of alkyl halides is 3. The quantitative estimate of drug-likeness (QED) is 0.540. The molecule has 30 heavy (non-hydrogen) atoms. The molecule has 0 aliphatic heterocycles. The molecule has 2 aromatic rings. The third-order valence-electron chi connectivity index (χ3n) is 5.15. The van der Waals surface area contributed by atoms with E-state index in [0.717, 1.165) is 12.1 Å². The first-order valence-electron chi connectivity index (χ1n) is 9.03. The lowest BCUT2D eigenvalue weighted by Gasteiger charge is -2.23. The highest BCUT2D eigenvalue weighted by atomic mass is 35.5. The summed E-state index contributed by atoms with van der Waals surface area (Å²) in [7, 11) is 0. The molecule has 0 amide bonds. The number of ketones is 1. The largest absolute Gasteiger partial charge is 0.492 e. The zero-order valence-electron chi connectivity index (χ0n) is 15.8. The van der Waals surface area contributed by atoms with Gasteiger partial charge < -0.3 is 9.84 Å². The van der Waals surface area contributed by atoms with Gasteiger partial charge in [0.05, 0.1) is 22.6 Å². The average molecular weight is 461 g/mol. The van der Waals surface area contributed by atoms with Gasteiger partial charge in [0, 0.05) is 12.0 Å². The van der Waals surface area contributed by atoms with Crippen LogP contribution in [0.4, 0.5) is 13.2 Å². The second kappa shape index (κ2) is 8.12. The number of aliphatic carboxylic acids is 1. The van der Waals surface area contributed by atoms with Crippen LogP contribution in [0.5, 0.6) is 5.75 Å². The van der Waals surface area contributed by atoms with Crippen molar-refractivity contribution in [2.75, 3.05) is 6.61 Å². The lowest BCUT2D eigenvalue weighted by molar-refractivity contribution is -0.138. The topological polar surface area (TPSA) is 63.6 Å². The fourth-order valence-corrected chi connectivity index (χ4v) is 4.06. The van der Waals surface area contributed by atoms with Gasteiger partial charge in [-0.3, -0.25) is 9.59 Å². The monoisotopic (exact) mass is 460 g/mol. The maximum atomic E-state index is 13.2. The molecular weight excluding hydrogens is 444 g/mol. The van der Waals surface area contributed by atoms with Crippen LogP contribution in [0.3, 0.4) is 0 Å². The molecule has 2 aromatic carbocycles. The smallest absolute Gasteiger partial charge is 0.416 e. The summed E-state index contributed by atoms with van der Waals surface area (Å²) >= 11 is 12.5. The number of ether oxygens (including phenoxy) is 1. The van der Waals surface area contributed by atoms with Gasteiger partial charge in [0.2, 0.25) is 0 Å². The molecule has 0 radical (unpaired) electrons. The first-order chi connectivity index (χ1) is 13.9. The molecule has 0 aromatic heterocycles. The zero-order valence-corrected chi connectivity index (χ0v) is 17.3. The zero-order chi connectivity index (χ0) is 22.3. The first-order valence-corrected chi connectivity index (χ1v) is 9.78. The van der Waals surface area contributed by atoms with Crippen LogP contribution < -0.4 is 4.74 Å². The molecule has 0 spiro atoms. The Morgan fingerprint density at radius 3 is 2.57 bits per heavy atom. The Bertz CT molecular complexity index is 1020. The van der Waals surface area contributed by atoms with E-state index in [1.807, 2.05) is 0 Å². The highest BCUT2D eigenvalue weighted by Crippen LogP contribution is 2.47. The van der Waals surface area contributed by atoms with E-state index in [2.05, 4.69) is 0 Å². The van der Waals surface area contributed by atoms with Crippen LogP contribution in [-0.4, -0.2) is 23.5 Å². The summed E-state index contributed by atoms with van der Waals surface area (Å²) in [6.45, 7) is 1.66. The molecule has 3 rings (SSSR count). The second-order valence-electron chi connectivity index (χ2n) is 7.30. The lowest BCUT2D eigenvalue weighted by atomic mass is 9.78. The molecule has 160 valence electrons. The van der Waals surface area contributed by atoms with E-state index in [4.69, 9.17) is 33.0 Å². The molecule has 0 fully saturated rings.